The number of fused-ring (bicyclic) bond motifs is 3. The van der Waals surface area contributed by atoms with Gasteiger partial charge in [-0.2, -0.15) is 0 Å². The highest BCUT2D eigenvalue weighted by molar-refractivity contribution is 5.91. The van der Waals surface area contributed by atoms with Gasteiger partial charge in [-0.05, 0) is 62.9 Å². The Bertz CT molecular complexity index is 747. The largest absolute Gasteiger partial charge is 0.508 e. The highest BCUT2D eigenvalue weighted by Crippen LogP contribution is 2.45. The van der Waals surface area contributed by atoms with Crippen LogP contribution in [0.15, 0.2) is 18.2 Å². The van der Waals surface area contributed by atoms with Crippen molar-refractivity contribution in [2.45, 2.75) is 56.5 Å². The third-order valence-electron chi connectivity index (χ3n) is 6.89. The lowest BCUT2D eigenvalue weighted by atomic mass is 9.68. The first kappa shape index (κ1) is 19.2. The second-order valence-corrected chi connectivity index (χ2v) is 8.45. The van der Waals surface area contributed by atoms with Gasteiger partial charge in [0, 0.05) is 12.1 Å². The van der Waals surface area contributed by atoms with Gasteiger partial charge in [-0.15, -0.1) is 0 Å². The topological polar surface area (TPSA) is 76.1 Å². The first-order valence-corrected chi connectivity index (χ1v) is 10.4. The molecule has 3 heterocycles. The van der Waals surface area contributed by atoms with Crippen molar-refractivity contribution in [3.8, 4) is 5.75 Å². The predicted octanol–water partition coefficient (Wildman–Crippen LogP) is 3.02. The smallest absolute Gasteiger partial charge is 0.337 e. The summed E-state index contributed by atoms with van der Waals surface area (Å²) in [5.74, 6) is -0.244. The van der Waals surface area contributed by atoms with Gasteiger partial charge in [0.25, 0.3) is 0 Å². The summed E-state index contributed by atoms with van der Waals surface area (Å²) in [6.07, 6.45) is 6.21. The van der Waals surface area contributed by atoms with E-state index >= 15 is 0 Å². The molecule has 2 bridgehead atoms. The zero-order chi connectivity index (χ0) is 19.7. The van der Waals surface area contributed by atoms with Crippen LogP contribution >= 0.6 is 0 Å². The van der Waals surface area contributed by atoms with Crippen LogP contribution in [0.1, 0.15) is 60.9 Å². The maximum absolute atomic E-state index is 13.5. The summed E-state index contributed by atoms with van der Waals surface area (Å²) < 4.78 is 10.9. The Morgan fingerprint density at radius 3 is 2.46 bits per heavy atom. The van der Waals surface area contributed by atoms with Crippen molar-refractivity contribution in [2.75, 3.05) is 26.7 Å². The number of benzene rings is 1. The SMILES string of the molecule is COC(=O)c1ccc(O)c(C2(C(=O)OC3CN4CCC3CC4)CCCCC2)c1. The minimum atomic E-state index is -0.890. The first-order valence-electron chi connectivity index (χ1n) is 10.4. The molecule has 1 aromatic carbocycles. The van der Waals surface area contributed by atoms with Crippen LogP contribution in [0.3, 0.4) is 0 Å². The van der Waals surface area contributed by atoms with Gasteiger partial charge in [0.15, 0.2) is 0 Å². The van der Waals surface area contributed by atoms with Gasteiger partial charge < -0.3 is 14.6 Å². The summed E-state index contributed by atoms with van der Waals surface area (Å²) in [4.78, 5) is 27.9. The number of ether oxygens (including phenoxy) is 2. The number of aromatic hydroxyl groups is 1. The van der Waals surface area contributed by atoms with Gasteiger partial charge in [0.1, 0.15) is 11.9 Å². The molecule has 6 heteroatoms. The summed E-state index contributed by atoms with van der Waals surface area (Å²) in [6.45, 7) is 2.98. The lowest BCUT2D eigenvalue weighted by molar-refractivity contribution is -0.167. The van der Waals surface area contributed by atoms with Crippen LogP contribution in [-0.2, 0) is 19.7 Å². The van der Waals surface area contributed by atoms with Gasteiger partial charge in [-0.25, -0.2) is 4.79 Å². The molecule has 28 heavy (non-hydrogen) atoms. The third-order valence-corrected chi connectivity index (χ3v) is 6.89. The molecule has 5 rings (SSSR count). The number of hydrogen-bond acceptors (Lipinski definition) is 6. The molecule has 4 fully saturated rings. The minimum absolute atomic E-state index is 0.0421. The number of carbonyl (C=O) groups excluding carboxylic acids is 2. The Hall–Kier alpha value is -2.08. The van der Waals surface area contributed by atoms with E-state index in [2.05, 4.69) is 4.90 Å². The number of rotatable bonds is 4. The summed E-state index contributed by atoms with van der Waals surface area (Å²) >= 11 is 0. The average molecular weight is 387 g/mol. The van der Waals surface area contributed by atoms with E-state index in [4.69, 9.17) is 9.47 Å². The number of piperidine rings is 3. The van der Waals surface area contributed by atoms with E-state index in [0.29, 0.717) is 29.9 Å². The molecule has 1 unspecified atom stereocenters. The van der Waals surface area contributed by atoms with Crippen LogP contribution in [0.4, 0.5) is 0 Å². The van der Waals surface area contributed by atoms with E-state index in [1.54, 1.807) is 6.07 Å². The molecule has 1 atom stereocenters. The fourth-order valence-electron chi connectivity index (χ4n) is 5.20. The number of phenolic OH excluding ortho intramolecular Hbond substituents is 1. The van der Waals surface area contributed by atoms with Crippen molar-refractivity contribution in [1.29, 1.82) is 0 Å². The van der Waals surface area contributed by atoms with Crippen LogP contribution in [0.2, 0.25) is 0 Å². The van der Waals surface area contributed by atoms with Crippen molar-refractivity contribution in [3.63, 3.8) is 0 Å². The van der Waals surface area contributed by atoms with Crippen LogP contribution < -0.4 is 0 Å². The van der Waals surface area contributed by atoms with Crippen LogP contribution in [0.25, 0.3) is 0 Å². The third kappa shape index (κ3) is 3.39. The van der Waals surface area contributed by atoms with Gasteiger partial charge in [-0.3, -0.25) is 9.69 Å². The highest BCUT2D eigenvalue weighted by Gasteiger charge is 2.47. The molecule has 0 aromatic heterocycles. The minimum Gasteiger partial charge on any atom is -0.508 e. The number of esters is 2. The molecule has 1 saturated carbocycles. The van der Waals surface area contributed by atoms with E-state index in [0.717, 1.165) is 51.7 Å². The Labute approximate surface area is 165 Å². The molecular formula is C22H29NO5. The number of nitrogens with zero attached hydrogens (tertiary/aromatic N) is 1. The molecule has 4 aliphatic rings. The summed E-state index contributed by atoms with van der Waals surface area (Å²) in [5, 5.41) is 10.6. The van der Waals surface area contributed by atoms with Crippen LogP contribution in [0.5, 0.6) is 5.75 Å². The van der Waals surface area contributed by atoms with E-state index in [-0.39, 0.29) is 17.8 Å². The van der Waals surface area contributed by atoms with E-state index in [1.807, 2.05) is 0 Å². The normalized spacial score (nSPS) is 28.5. The summed E-state index contributed by atoms with van der Waals surface area (Å²) in [5.41, 5.74) is -0.0458. The fraction of sp³-hybridized carbons (Fsp3) is 0.636. The molecule has 1 N–H and O–H groups in total. The van der Waals surface area contributed by atoms with E-state index in [9.17, 15) is 14.7 Å². The monoisotopic (exact) mass is 387 g/mol. The predicted molar refractivity (Wildman–Crippen MR) is 103 cm³/mol. The van der Waals surface area contributed by atoms with Gasteiger partial charge in [0.2, 0.25) is 0 Å². The molecule has 152 valence electrons. The lowest BCUT2D eigenvalue weighted by Crippen LogP contribution is -2.53. The molecule has 0 amide bonds. The van der Waals surface area contributed by atoms with Gasteiger partial charge in [0.05, 0.1) is 18.1 Å². The number of hydrogen-bond donors (Lipinski definition) is 1. The number of methoxy groups -OCH3 is 1. The Kier molecular flexibility index (Phi) is 5.32. The van der Waals surface area contributed by atoms with Crippen molar-refractivity contribution in [2.24, 2.45) is 5.92 Å². The van der Waals surface area contributed by atoms with Gasteiger partial charge >= 0.3 is 11.9 Å². The zero-order valence-electron chi connectivity index (χ0n) is 16.5. The van der Waals surface area contributed by atoms with Crippen molar-refractivity contribution in [3.05, 3.63) is 29.3 Å². The Balaban J connectivity index is 1.65. The fourth-order valence-corrected chi connectivity index (χ4v) is 5.20. The molecule has 1 aliphatic carbocycles. The van der Waals surface area contributed by atoms with E-state index < -0.39 is 11.4 Å². The highest BCUT2D eigenvalue weighted by atomic mass is 16.5. The van der Waals surface area contributed by atoms with Crippen LogP contribution in [-0.4, -0.2) is 54.8 Å². The quantitative estimate of drug-likeness (QED) is 0.801. The van der Waals surface area contributed by atoms with Crippen molar-refractivity contribution in [1.82, 2.24) is 4.90 Å². The number of carbonyl (C=O) groups is 2. The molecule has 6 nitrogen and oxygen atoms in total. The zero-order valence-corrected chi connectivity index (χ0v) is 16.5. The summed E-state index contributed by atoms with van der Waals surface area (Å²) in [7, 11) is 1.33. The molecule has 3 aliphatic heterocycles. The molecule has 0 radical (unpaired) electrons. The molecule has 0 spiro atoms. The first-order chi connectivity index (χ1) is 13.5. The Morgan fingerprint density at radius 1 is 1.14 bits per heavy atom. The second kappa shape index (κ2) is 7.74. The molecule has 3 saturated heterocycles. The second-order valence-electron chi connectivity index (χ2n) is 8.45. The van der Waals surface area contributed by atoms with Gasteiger partial charge in [-0.1, -0.05) is 19.3 Å². The lowest BCUT2D eigenvalue weighted by Gasteiger charge is -2.45. The average Bonchev–Trinajstić information content (AvgIpc) is 2.75. The van der Waals surface area contributed by atoms with Crippen LogP contribution in [0, 0.1) is 5.92 Å². The standard InChI is InChI=1S/C22H29NO5/c1-27-20(25)16-5-6-18(24)17(13-16)22(9-3-2-4-10-22)21(26)28-19-14-23-11-7-15(19)8-12-23/h5-6,13,15,19,24H,2-4,7-12,14H2,1H3. The van der Waals surface area contributed by atoms with E-state index in [1.165, 1.54) is 19.2 Å². The molecule has 1 aromatic rings. The number of phenols is 1. The van der Waals surface area contributed by atoms with Crippen molar-refractivity contribution < 1.29 is 24.2 Å². The van der Waals surface area contributed by atoms with Crippen molar-refractivity contribution >= 4 is 11.9 Å². The maximum atomic E-state index is 13.5. The summed E-state index contributed by atoms with van der Waals surface area (Å²) in [6, 6.07) is 4.63. The molecular weight excluding hydrogens is 358 g/mol. The Morgan fingerprint density at radius 2 is 1.86 bits per heavy atom. The maximum Gasteiger partial charge on any atom is 0.337 e.